The Labute approximate surface area is 376 Å². The second-order valence-electron chi connectivity index (χ2n) is 17.9. The van der Waals surface area contributed by atoms with Gasteiger partial charge in [-0.25, -0.2) is 4.79 Å². The predicted molar refractivity (Wildman–Crippen MR) is 239 cm³/mol. The summed E-state index contributed by atoms with van der Waals surface area (Å²) < 4.78 is 5.33. The van der Waals surface area contributed by atoms with Crippen LogP contribution in [0.5, 0.6) is 0 Å². The van der Waals surface area contributed by atoms with E-state index in [0.717, 1.165) is 30.3 Å². The Balaban J connectivity index is 1.25. The van der Waals surface area contributed by atoms with Crippen molar-refractivity contribution < 1.29 is 43.2 Å². The minimum atomic E-state index is -1.04. The number of carbonyl (C=O) groups excluding carboxylic acids is 7. The molecule has 0 spiro atoms. The molecule has 3 aromatic rings. The van der Waals surface area contributed by atoms with E-state index in [-0.39, 0.29) is 48.1 Å². The number of hydrogen-bond acceptors (Lipinski definition) is 12. The minimum absolute atomic E-state index is 0.00525. The van der Waals surface area contributed by atoms with Gasteiger partial charge >= 0.3 is 6.09 Å². The third kappa shape index (κ3) is 12.1. The molecule has 19 heteroatoms. The SMILES string of the molecule is CN[C@@H](C)C(=O)NC(C(=O)N1C[C@@H](NC(=O)c2cc(NC(=O)OCc3ccc([N+](=O)[O-])cc3)cc(C(=O)N[C@@H]3CN[C@H](C=O)C3)c2)CC1C(=O)N[C@@H]1CCCc2ccccc21)C(C)(C)C. The molecule has 1 aliphatic carbocycles. The molecular formula is C46H57N9O10. The number of fused-ring (bicyclic) bond motifs is 1. The third-order valence-corrected chi connectivity index (χ3v) is 12.0. The van der Waals surface area contributed by atoms with Crippen molar-refractivity contribution in [3.05, 3.63) is 105 Å². The van der Waals surface area contributed by atoms with Crippen LogP contribution < -0.4 is 37.2 Å². The van der Waals surface area contributed by atoms with Gasteiger partial charge in [-0.3, -0.25) is 39.4 Å². The number of likely N-dealkylation sites (N-methyl/N-ethyl adjacent to an activating group) is 1. The number of nitro benzene ring substituents is 1. The van der Waals surface area contributed by atoms with Gasteiger partial charge in [-0.15, -0.1) is 0 Å². The number of nitrogens with one attached hydrogen (secondary N) is 7. The van der Waals surface area contributed by atoms with Crippen molar-refractivity contribution in [3.8, 4) is 0 Å². The van der Waals surface area contributed by atoms with Gasteiger partial charge in [0.2, 0.25) is 17.7 Å². The highest BCUT2D eigenvalue weighted by atomic mass is 16.6. The van der Waals surface area contributed by atoms with Crippen molar-refractivity contribution >= 4 is 53.3 Å². The fraction of sp³-hybridized carbons (Fsp3) is 0.457. The zero-order chi connectivity index (χ0) is 47.0. The number of aryl methyl sites for hydroxylation is 1. The van der Waals surface area contributed by atoms with Crippen LogP contribution in [0.3, 0.4) is 0 Å². The minimum Gasteiger partial charge on any atom is -0.444 e. The molecular weight excluding hydrogens is 839 g/mol. The summed E-state index contributed by atoms with van der Waals surface area (Å²) in [5, 5.41) is 31.3. The number of non-ortho nitro benzene ring substituents is 1. The molecule has 19 nitrogen and oxygen atoms in total. The molecule has 7 N–H and O–H groups in total. The predicted octanol–water partition coefficient (Wildman–Crippen LogP) is 3.03. The summed E-state index contributed by atoms with van der Waals surface area (Å²) in [6, 6.07) is 12.8. The van der Waals surface area contributed by atoms with Gasteiger partial charge in [0.15, 0.2) is 0 Å². The van der Waals surface area contributed by atoms with Crippen LogP contribution in [0.15, 0.2) is 66.7 Å². The summed E-state index contributed by atoms with van der Waals surface area (Å²) in [5.74, 6) is -2.56. The first-order valence-electron chi connectivity index (χ1n) is 21.7. The van der Waals surface area contributed by atoms with Crippen LogP contribution in [0.25, 0.3) is 0 Å². The summed E-state index contributed by atoms with van der Waals surface area (Å²) >= 11 is 0. The van der Waals surface area contributed by atoms with E-state index in [0.29, 0.717) is 24.9 Å². The van der Waals surface area contributed by atoms with Crippen LogP contribution in [0.4, 0.5) is 16.2 Å². The number of likely N-dealkylation sites (tertiary alicyclic amines) is 1. The van der Waals surface area contributed by atoms with E-state index in [2.05, 4.69) is 37.2 Å². The Hall–Kier alpha value is -6.73. The van der Waals surface area contributed by atoms with Crippen LogP contribution >= 0.6 is 0 Å². The number of carbonyl (C=O) groups is 7. The standard InChI is InChI=1S/C46H57N9O10/c1-26(47-5)40(57)53-39(46(2,3)4)44(61)54-23-33(21-38(54)43(60)52-37-12-8-10-28-9-6-7-11-36(28)37)50-42(59)30-17-29(41(58)49-32-20-34(24-56)48-22-32)18-31(19-30)51-45(62)65-25-27-13-15-35(16-14-27)55(63)64/h6-7,9,11,13-19,24,26,32-34,37-39,47-48H,8,10,12,20-23,25H2,1-5H3,(H,49,58)(H,50,59)(H,51,62)(H,52,60)(H,53,57)/t26-,32-,33-,34-,37+,38?,39?/m0/s1. The molecule has 65 heavy (non-hydrogen) atoms. The lowest BCUT2D eigenvalue weighted by molar-refractivity contribution is -0.384. The number of rotatable bonds is 15. The van der Waals surface area contributed by atoms with Gasteiger partial charge in [-0.05, 0) is 98.5 Å². The van der Waals surface area contributed by atoms with Crippen molar-refractivity contribution in [1.29, 1.82) is 0 Å². The first-order chi connectivity index (χ1) is 30.9. The van der Waals surface area contributed by atoms with E-state index in [4.69, 9.17) is 4.74 Å². The topological polar surface area (TPSA) is 259 Å². The van der Waals surface area contributed by atoms with Crippen molar-refractivity contribution in [3.63, 3.8) is 0 Å². The molecule has 3 aliphatic rings. The average Bonchev–Trinajstić information content (AvgIpc) is 3.93. The van der Waals surface area contributed by atoms with Crippen molar-refractivity contribution in [2.24, 2.45) is 5.41 Å². The number of nitro groups is 1. The van der Waals surface area contributed by atoms with Gasteiger partial charge in [0.1, 0.15) is 25.0 Å². The van der Waals surface area contributed by atoms with E-state index >= 15 is 0 Å². The maximum Gasteiger partial charge on any atom is 0.411 e. The summed E-state index contributed by atoms with van der Waals surface area (Å²) in [6.07, 6.45) is 2.64. The van der Waals surface area contributed by atoms with Crippen molar-refractivity contribution in [1.82, 2.24) is 36.8 Å². The second-order valence-corrected chi connectivity index (χ2v) is 17.9. The lowest BCUT2D eigenvalue weighted by Crippen LogP contribution is -2.59. The van der Waals surface area contributed by atoms with E-state index in [9.17, 15) is 43.7 Å². The quantitative estimate of drug-likeness (QED) is 0.0660. The molecule has 0 radical (unpaired) electrons. The normalized spacial score (nSPS) is 21.2. The van der Waals surface area contributed by atoms with E-state index < -0.39 is 82.2 Å². The number of anilines is 1. The molecule has 0 bridgehead atoms. The number of benzene rings is 3. The summed E-state index contributed by atoms with van der Waals surface area (Å²) in [6.45, 7) is 7.12. The number of ether oxygens (including phenoxy) is 1. The van der Waals surface area contributed by atoms with Gasteiger partial charge in [-0.1, -0.05) is 45.0 Å². The molecule has 0 saturated carbocycles. The lowest BCUT2D eigenvalue weighted by atomic mass is 9.85. The molecule has 3 aromatic carbocycles. The first-order valence-corrected chi connectivity index (χ1v) is 21.7. The van der Waals surface area contributed by atoms with E-state index in [1.165, 1.54) is 47.4 Å². The molecule has 2 heterocycles. The largest absolute Gasteiger partial charge is 0.444 e. The molecule has 2 unspecified atom stereocenters. The number of nitrogens with zero attached hydrogens (tertiary/aromatic N) is 2. The highest BCUT2D eigenvalue weighted by molar-refractivity contribution is 6.02. The van der Waals surface area contributed by atoms with Crippen LogP contribution in [-0.2, 0) is 36.9 Å². The number of amides is 6. The van der Waals surface area contributed by atoms with Gasteiger partial charge in [-0.2, -0.15) is 0 Å². The molecule has 0 aromatic heterocycles. The second kappa shape index (κ2) is 20.8. The lowest BCUT2D eigenvalue weighted by Gasteiger charge is -2.36. The maximum absolute atomic E-state index is 14.6. The molecule has 6 amide bonds. The van der Waals surface area contributed by atoms with Gasteiger partial charge < -0.3 is 46.3 Å². The van der Waals surface area contributed by atoms with Gasteiger partial charge in [0, 0.05) is 54.1 Å². The molecule has 346 valence electrons. The Bertz CT molecular complexity index is 2300. The Morgan fingerprint density at radius 2 is 1.62 bits per heavy atom. The number of aldehydes is 1. The molecule has 7 atom stereocenters. The number of hydrogen-bond donors (Lipinski definition) is 7. The summed E-state index contributed by atoms with van der Waals surface area (Å²) in [7, 11) is 1.63. The zero-order valence-corrected chi connectivity index (χ0v) is 37.1. The smallest absolute Gasteiger partial charge is 0.411 e. The highest BCUT2D eigenvalue weighted by Gasteiger charge is 2.46. The molecule has 6 rings (SSSR count). The van der Waals surface area contributed by atoms with Crippen LogP contribution in [-0.4, -0.2) is 108 Å². The van der Waals surface area contributed by atoms with Crippen LogP contribution in [0.2, 0.25) is 0 Å². The molecule has 2 aliphatic heterocycles. The van der Waals surface area contributed by atoms with Gasteiger partial charge in [0.05, 0.1) is 23.0 Å². The first kappa shape index (κ1) is 47.7. The highest BCUT2D eigenvalue weighted by Crippen LogP contribution is 2.32. The maximum atomic E-state index is 14.6. The van der Waals surface area contributed by atoms with Crippen LogP contribution in [0.1, 0.15) is 96.8 Å². The summed E-state index contributed by atoms with van der Waals surface area (Å²) in [4.78, 5) is 106. The fourth-order valence-corrected chi connectivity index (χ4v) is 8.31. The van der Waals surface area contributed by atoms with Crippen molar-refractivity contribution in [2.75, 3.05) is 25.5 Å². The average molecular weight is 896 g/mol. The van der Waals surface area contributed by atoms with Gasteiger partial charge in [0.25, 0.3) is 17.5 Å². The zero-order valence-electron chi connectivity index (χ0n) is 37.1. The van der Waals surface area contributed by atoms with Crippen LogP contribution in [0, 0.1) is 15.5 Å². The molecule has 2 fully saturated rings. The Morgan fingerprint density at radius 1 is 0.938 bits per heavy atom. The molecule has 2 saturated heterocycles. The Morgan fingerprint density at radius 3 is 2.25 bits per heavy atom. The van der Waals surface area contributed by atoms with E-state index in [1.807, 2.05) is 45.0 Å². The third-order valence-electron chi connectivity index (χ3n) is 12.0. The summed E-state index contributed by atoms with van der Waals surface area (Å²) in [5.41, 5.74) is 1.70. The Kier molecular flexibility index (Phi) is 15.3. The van der Waals surface area contributed by atoms with E-state index in [1.54, 1.807) is 14.0 Å². The van der Waals surface area contributed by atoms with Crippen molar-refractivity contribution in [2.45, 2.75) is 109 Å². The monoisotopic (exact) mass is 895 g/mol. The fourth-order valence-electron chi connectivity index (χ4n) is 8.31.